The molecule has 144 valence electrons. The van der Waals surface area contributed by atoms with Gasteiger partial charge in [-0.1, -0.05) is 41.9 Å². The summed E-state index contributed by atoms with van der Waals surface area (Å²) in [4.78, 5) is 34.6. The molecular weight excluding hydrogens is 386 g/mol. The van der Waals surface area contributed by atoms with Crippen LogP contribution in [0.5, 0.6) is 0 Å². The van der Waals surface area contributed by atoms with Crippen molar-refractivity contribution in [2.45, 2.75) is 38.3 Å². The molecule has 0 aliphatic carbocycles. The fraction of sp³-hybridized carbons (Fsp3) is 0.368. The number of ether oxygens (including phenoxy) is 1. The van der Waals surface area contributed by atoms with Crippen molar-refractivity contribution in [2.24, 2.45) is 0 Å². The van der Waals surface area contributed by atoms with Crippen LogP contribution in [-0.4, -0.2) is 39.3 Å². The van der Waals surface area contributed by atoms with Gasteiger partial charge in [0.2, 0.25) is 0 Å². The maximum Gasteiger partial charge on any atom is 0.410 e. The average molecular weight is 408 g/mol. The summed E-state index contributed by atoms with van der Waals surface area (Å²) in [6.45, 7) is 0.738. The monoisotopic (exact) mass is 407 g/mol. The highest BCUT2D eigenvalue weighted by molar-refractivity contribution is 7.59. The highest BCUT2D eigenvalue weighted by Crippen LogP contribution is 2.22. The van der Waals surface area contributed by atoms with E-state index in [9.17, 15) is 9.59 Å². The van der Waals surface area contributed by atoms with E-state index in [-0.39, 0.29) is 32.3 Å². The molecule has 1 saturated heterocycles. The Morgan fingerprint density at radius 1 is 1.19 bits per heavy atom. The van der Waals surface area contributed by atoms with Crippen LogP contribution < -0.4 is 0 Å². The normalized spacial score (nSPS) is 15.9. The highest BCUT2D eigenvalue weighted by atomic mass is 35.5. The minimum atomic E-state index is -0.442. The first kappa shape index (κ1) is 21.2. The topological polar surface area (TPSA) is 72.4 Å². The van der Waals surface area contributed by atoms with Gasteiger partial charge in [-0.15, -0.1) is 0 Å². The molecular formula is C19H22ClN3O3S. The van der Waals surface area contributed by atoms with Crippen LogP contribution in [0.3, 0.4) is 0 Å². The van der Waals surface area contributed by atoms with Gasteiger partial charge < -0.3 is 4.74 Å². The first-order valence-corrected chi connectivity index (χ1v) is 8.98. The highest BCUT2D eigenvalue weighted by Gasteiger charge is 2.34. The van der Waals surface area contributed by atoms with Crippen molar-refractivity contribution in [1.82, 2.24) is 14.9 Å². The van der Waals surface area contributed by atoms with Gasteiger partial charge in [-0.2, -0.15) is 13.5 Å². The zero-order valence-corrected chi connectivity index (χ0v) is 16.6. The third-order valence-corrected chi connectivity index (χ3v) is 4.71. The van der Waals surface area contributed by atoms with E-state index in [0.29, 0.717) is 30.2 Å². The summed E-state index contributed by atoms with van der Waals surface area (Å²) in [5, 5.41) is 0.311. The lowest BCUT2D eigenvalue weighted by atomic mass is 10.0. The van der Waals surface area contributed by atoms with Crippen molar-refractivity contribution in [3.8, 4) is 0 Å². The largest absolute Gasteiger partial charge is 0.445 e. The Morgan fingerprint density at radius 2 is 1.93 bits per heavy atom. The first-order chi connectivity index (χ1) is 12.6. The maximum absolute atomic E-state index is 12.6. The number of hydrogen-bond donors (Lipinski definition) is 0. The van der Waals surface area contributed by atoms with Gasteiger partial charge in [0.25, 0.3) is 0 Å². The number of nitrogens with zero attached hydrogens (tertiary/aromatic N) is 3. The minimum Gasteiger partial charge on any atom is -0.445 e. The fourth-order valence-corrected chi connectivity index (χ4v) is 3.25. The van der Waals surface area contributed by atoms with Crippen molar-refractivity contribution in [3.05, 3.63) is 59.1 Å². The summed E-state index contributed by atoms with van der Waals surface area (Å²) in [5.41, 5.74) is 1.51. The van der Waals surface area contributed by atoms with Crippen molar-refractivity contribution >= 4 is 37.0 Å². The quantitative estimate of drug-likeness (QED) is 0.732. The Labute approximate surface area is 170 Å². The van der Waals surface area contributed by atoms with Gasteiger partial charge >= 0.3 is 6.09 Å². The number of likely N-dealkylation sites (tertiary alicyclic amines) is 1. The van der Waals surface area contributed by atoms with E-state index in [1.165, 1.54) is 11.1 Å². The van der Waals surface area contributed by atoms with Crippen molar-refractivity contribution in [2.75, 3.05) is 6.54 Å². The van der Waals surface area contributed by atoms with Crippen LogP contribution in [0.15, 0.2) is 42.7 Å². The smallest absolute Gasteiger partial charge is 0.410 e. The van der Waals surface area contributed by atoms with Crippen LogP contribution in [0.1, 0.15) is 30.5 Å². The molecule has 27 heavy (non-hydrogen) atoms. The average Bonchev–Trinajstić information content (AvgIpc) is 3.16. The first-order valence-electron chi connectivity index (χ1n) is 8.60. The second-order valence-electron chi connectivity index (χ2n) is 6.15. The molecule has 1 aromatic carbocycles. The Morgan fingerprint density at radius 3 is 2.67 bits per heavy atom. The van der Waals surface area contributed by atoms with Gasteiger partial charge in [-0.3, -0.25) is 14.7 Å². The summed E-state index contributed by atoms with van der Waals surface area (Å²) < 4.78 is 5.37. The third kappa shape index (κ3) is 5.68. The van der Waals surface area contributed by atoms with Crippen LogP contribution >= 0.6 is 25.1 Å². The number of Topliss-reactive ketones (excluding diaryl/α,β-unsaturated/α-hetero) is 1. The zero-order chi connectivity index (χ0) is 18.4. The van der Waals surface area contributed by atoms with Gasteiger partial charge in [0.15, 0.2) is 5.78 Å². The number of halogens is 1. The van der Waals surface area contributed by atoms with Crippen LogP contribution in [0.2, 0.25) is 5.15 Å². The van der Waals surface area contributed by atoms with E-state index in [1.807, 2.05) is 30.3 Å². The van der Waals surface area contributed by atoms with E-state index >= 15 is 0 Å². The molecule has 1 aromatic heterocycles. The molecule has 1 atom stereocenters. The molecule has 1 aliphatic heterocycles. The molecule has 0 unspecified atom stereocenters. The summed E-state index contributed by atoms with van der Waals surface area (Å²) in [5.74, 6) is 0.000816. The zero-order valence-electron chi connectivity index (χ0n) is 14.8. The standard InChI is InChI=1S/C19H20ClN3O3.H2S/c20-18-15(21-10-11-22-18)8-9-17(24)16-7-4-12-23(16)19(25)26-13-14-5-2-1-3-6-14;/h1-3,5-6,10-11,16H,4,7-9,12-13H2;1H2/t16-;/m0./s1. The number of rotatable bonds is 6. The number of hydrogen-bond acceptors (Lipinski definition) is 5. The second-order valence-corrected chi connectivity index (χ2v) is 6.51. The van der Waals surface area contributed by atoms with E-state index in [0.717, 1.165) is 12.0 Å². The minimum absolute atomic E-state index is 0. The molecule has 1 amide bonds. The molecule has 0 N–H and O–H groups in total. The Bertz CT molecular complexity index is 776. The van der Waals surface area contributed by atoms with Gasteiger partial charge in [0.1, 0.15) is 11.8 Å². The Hall–Kier alpha value is -2.12. The molecule has 3 rings (SSSR count). The molecule has 6 nitrogen and oxygen atoms in total. The molecule has 2 aromatic rings. The number of carbonyl (C=O) groups is 2. The predicted molar refractivity (Wildman–Crippen MR) is 107 cm³/mol. The van der Waals surface area contributed by atoms with Crippen LogP contribution in [0, 0.1) is 0 Å². The number of amides is 1. The van der Waals surface area contributed by atoms with Crippen LogP contribution in [-0.2, 0) is 22.6 Å². The fourth-order valence-electron chi connectivity index (χ4n) is 3.05. The molecule has 0 radical (unpaired) electrons. The summed E-state index contributed by atoms with van der Waals surface area (Å²) in [6.07, 6.45) is 4.75. The van der Waals surface area contributed by atoms with E-state index < -0.39 is 12.1 Å². The second kappa shape index (κ2) is 10.3. The Balaban J connectivity index is 0.00000261. The van der Waals surface area contributed by atoms with Gasteiger partial charge in [0, 0.05) is 25.4 Å². The molecule has 8 heteroatoms. The Kier molecular flexibility index (Phi) is 8.06. The summed E-state index contributed by atoms with van der Waals surface area (Å²) in [6, 6.07) is 9.04. The predicted octanol–water partition coefficient (Wildman–Crippen LogP) is 3.55. The summed E-state index contributed by atoms with van der Waals surface area (Å²) >= 11 is 5.98. The van der Waals surface area contributed by atoms with E-state index in [4.69, 9.17) is 16.3 Å². The number of ketones is 1. The van der Waals surface area contributed by atoms with E-state index in [2.05, 4.69) is 9.97 Å². The number of aromatic nitrogens is 2. The van der Waals surface area contributed by atoms with Crippen LogP contribution in [0.25, 0.3) is 0 Å². The molecule has 2 heterocycles. The molecule has 0 spiro atoms. The van der Waals surface area contributed by atoms with Crippen molar-refractivity contribution in [1.29, 1.82) is 0 Å². The number of aryl methyl sites for hydroxylation is 1. The molecule has 1 fully saturated rings. The maximum atomic E-state index is 12.6. The van der Waals surface area contributed by atoms with Gasteiger partial charge in [0.05, 0.1) is 11.7 Å². The lowest BCUT2D eigenvalue weighted by Gasteiger charge is -2.23. The number of carbonyl (C=O) groups excluding carboxylic acids is 2. The van der Waals surface area contributed by atoms with Crippen LogP contribution in [0.4, 0.5) is 4.79 Å². The molecule has 0 bridgehead atoms. The molecule has 1 aliphatic rings. The van der Waals surface area contributed by atoms with Crippen molar-refractivity contribution < 1.29 is 14.3 Å². The lowest BCUT2D eigenvalue weighted by molar-refractivity contribution is -0.123. The third-order valence-electron chi connectivity index (χ3n) is 4.40. The number of benzene rings is 1. The SMILES string of the molecule is O=C(CCc1nccnc1Cl)[C@@H]1CCCN1C(=O)OCc1ccccc1.S. The van der Waals surface area contributed by atoms with Gasteiger partial charge in [-0.25, -0.2) is 9.78 Å². The molecule has 0 saturated carbocycles. The van der Waals surface area contributed by atoms with Crippen molar-refractivity contribution in [3.63, 3.8) is 0 Å². The van der Waals surface area contributed by atoms with E-state index in [1.54, 1.807) is 6.20 Å². The summed E-state index contributed by atoms with van der Waals surface area (Å²) in [7, 11) is 0. The lowest BCUT2D eigenvalue weighted by Crippen LogP contribution is -2.40. The van der Waals surface area contributed by atoms with Gasteiger partial charge in [-0.05, 0) is 24.8 Å².